The lowest BCUT2D eigenvalue weighted by atomic mass is 10.2. The molecule has 0 heterocycles. The molecule has 2 heteroatoms. The Morgan fingerprint density at radius 2 is 2.30 bits per heavy atom. The lowest BCUT2D eigenvalue weighted by Gasteiger charge is -1.91. The van der Waals surface area contributed by atoms with Crippen LogP contribution in [0.3, 0.4) is 0 Å². The topological polar surface area (TPSA) is 29.4 Å². The lowest BCUT2D eigenvalue weighted by molar-refractivity contribution is -0.107. The minimum atomic E-state index is 0.477. The van der Waals surface area contributed by atoms with Crippen molar-refractivity contribution in [3.8, 4) is 0 Å². The first-order chi connectivity index (χ1) is 4.85. The van der Waals surface area contributed by atoms with Gasteiger partial charge < -0.3 is 4.79 Å². The molecular formula is C8H13NO. The Morgan fingerprint density at radius 3 is 2.70 bits per heavy atom. The molecule has 0 unspecified atom stereocenters. The molecule has 0 N–H and O–H groups in total. The Hall–Kier alpha value is -0.920. The number of hydrogen-bond acceptors (Lipinski definition) is 2. The summed E-state index contributed by atoms with van der Waals surface area (Å²) >= 11 is 0. The fourth-order valence-electron chi connectivity index (χ4n) is 0.713. The number of nitrogens with zero attached hydrogens (tertiary/aromatic N) is 1. The van der Waals surface area contributed by atoms with E-state index in [0.717, 1.165) is 18.3 Å². The summed E-state index contributed by atoms with van der Waals surface area (Å²) in [5.74, 6) is 0. The molecule has 0 bridgehead atoms. The molecule has 0 aromatic rings. The van der Waals surface area contributed by atoms with E-state index in [0.29, 0.717) is 6.42 Å². The maximum Gasteiger partial charge on any atom is 0.124 e. The minimum absolute atomic E-state index is 0.477. The summed E-state index contributed by atoms with van der Waals surface area (Å²) in [6, 6.07) is 0. The average molecular weight is 139 g/mol. The second kappa shape index (κ2) is 6.20. The highest BCUT2D eigenvalue weighted by Crippen LogP contribution is 1.96. The zero-order chi connectivity index (χ0) is 7.82. The predicted octanol–water partition coefficient (Wildman–Crippen LogP) is 1.61. The maximum atomic E-state index is 10.1. The third-order valence-corrected chi connectivity index (χ3v) is 1.08. The molecule has 0 aromatic heterocycles. The summed E-state index contributed by atoms with van der Waals surface area (Å²) in [6.45, 7) is 2.04. The van der Waals surface area contributed by atoms with Crippen molar-refractivity contribution in [1.29, 1.82) is 0 Å². The van der Waals surface area contributed by atoms with Crippen LogP contribution in [0.4, 0.5) is 0 Å². The van der Waals surface area contributed by atoms with Gasteiger partial charge in [0.15, 0.2) is 0 Å². The van der Waals surface area contributed by atoms with Gasteiger partial charge in [-0.1, -0.05) is 13.0 Å². The van der Waals surface area contributed by atoms with Crippen molar-refractivity contribution in [2.75, 3.05) is 7.05 Å². The summed E-state index contributed by atoms with van der Waals surface area (Å²) in [6.07, 6.45) is 6.04. The Balaban J connectivity index is 3.96. The van der Waals surface area contributed by atoms with Crippen molar-refractivity contribution in [2.45, 2.75) is 19.8 Å². The average Bonchev–Trinajstić information content (AvgIpc) is 1.90. The van der Waals surface area contributed by atoms with Gasteiger partial charge in [0, 0.05) is 19.7 Å². The van der Waals surface area contributed by atoms with Crippen LogP contribution in [0.2, 0.25) is 0 Å². The predicted molar refractivity (Wildman–Crippen MR) is 43.5 cm³/mol. The smallest absolute Gasteiger partial charge is 0.124 e. The van der Waals surface area contributed by atoms with E-state index in [1.54, 1.807) is 13.3 Å². The normalized spacial score (nSPS) is 12.4. The van der Waals surface area contributed by atoms with Crippen LogP contribution < -0.4 is 0 Å². The highest BCUT2D eigenvalue weighted by atomic mass is 16.1. The molecule has 0 rings (SSSR count). The van der Waals surface area contributed by atoms with Gasteiger partial charge >= 0.3 is 0 Å². The molecule has 0 spiro atoms. The van der Waals surface area contributed by atoms with E-state index in [9.17, 15) is 4.79 Å². The van der Waals surface area contributed by atoms with Crippen LogP contribution in [0.15, 0.2) is 16.6 Å². The van der Waals surface area contributed by atoms with Gasteiger partial charge in [0.25, 0.3) is 0 Å². The van der Waals surface area contributed by atoms with Crippen molar-refractivity contribution in [1.82, 2.24) is 0 Å². The molecule has 0 aliphatic rings. The summed E-state index contributed by atoms with van der Waals surface area (Å²) in [7, 11) is 1.70. The molecular weight excluding hydrogens is 126 g/mol. The lowest BCUT2D eigenvalue weighted by Crippen LogP contribution is -1.85. The number of allylic oxidation sites excluding steroid dienone is 2. The second-order valence-corrected chi connectivity index (χ2v) is 1.95. The fourth-order valence-corrected chi connectivity index (χ4v) is 0.713. The zero-order valence-electron chi connectivity index (χ0n) is 6.50. The summed E-state index contributed by atoms with van der Waals surface area (Å²) in [5.41, 5.74) is 1.00. The number of rotatable bonds is 4. The first-order valence-corrected chi connectivity index (χ1v) is 3.40. The van der Waals surface area contributed by atoms with E-state index < -0.39 is 0 Å². The van der Waals surface area contributed by atoms with Gasteiger partial charge in [-0.3, -0.25) is 4.99 Å². The highest BCUT2D eigenvalue weighted by Gasteiger charge is 1.88. The Bertz CT molecular complexity index is 147. The van der Waals surface area contributed by atoms with Crippen molar-refractivity contribution >= 4 is 12.5 Å². The molecule has 0 aliphatic heterocycles. The second-order valence-electron chi connectivity index (χ2n) is 1.95. The van der Waals surface area contributed by atoms with E-state index in [1.807, 2.05) is 13.0 Å². The van der Waals surface area contributed by atoms with Crippen LogP contribution in [-0.2, 0) is 4.79 Å². The van der Waals surface area contributed by atoms with Gasteiger partial charge in [-0.25, -0.2) is 0 Å². The zero-order valence-corrected chi connectivity index (χ0v) is 6.50. The molecule has 10 heavy (non-hydrogen) atoms. The van der Waals surface area contributed by atoms with Gasteiger partial charge in [-0.15, -0.1) is 0 Å². The van der Waals surface area contributed by atoms with E-state index in [-0.39, 0.29) is 0 Å². The Kier molecular flexibility index (Phi) is 5.63. The van der Waals surface area contributed by atoms with E-state index in [2.05, 4.69) is 4.99 Å². The van der Waals surface area contributed by atoms with Gasteiger partial charge in [-0.05, 0) is 12.0 Å². The molecule has 0 atom stereocenters. The largest absolute Gasteiger partial charge is 0.303 e. The summed E-state index contributed by atoms with van der Waals surface area (Å²) in [5, 5.41) is 0. The number of hydrogen-bond donors (Lipinski definition) is 0. The van der Waals surface area contributed by atoms with E-state index >= 15 is 0 Å². The van der Waals surface area contributed by atoms with Gasteiger partial charge in [0.1, 0.15) is 6.29 Å². The summed E-state index contributed by atoms with van der Waals surface area (Å²) < 4.78 is 0. The van der Waals surface area contributed by atoms with Crippen molar-refractivity contribution < 1.29 is 4.79 Å². The van der Waals surface area contributed by atoms with Gasteiger partial charge in [0.05, 0.1) is 0 Å². The Labute approximate surface area is 61.7 Å². The van der Waals surface area contributed by atoms with Crippen molar-refractivity contribution in [3.05, 3.63) is 11.6 Å². The first-order valence-electron chi connectivity index (χ1n) is 3.40. The fraction of sp³-hybridized carbons (Fsp3) is 0.500. The van der Waals surface area contributed by atoms with Crippen LogP contribution in [-0.4, -0.2) is 19.5 Å². The maximum absolute atomic E-state index is 10.1. The number of aliphatic imine (C=N–C) groups is 1. The first kappa shape index (κ1) is 9.08. The highest BCUT2D eigenvalue weighted by molar-refractivity contribution is 5.82. The number of aldehydes is 1. The quantitative estimate of drug-likeness (QED) is 0.430. The van der Waals surface area contributed by atoms with E-state index in [1.165, 1.54) is 0 Å². The molecule has 0 saturated carbocycles. The molecule has 0 fully saturated rings. The van der Waals surface area contributed by atoms with Crippen LogP contribution in [0.5, 0.6) is 0 Å². The molecule has 0 aromatic carbocycles. The third-order valence-electron chi connectivity index (χ3n) is 1.08. The number of carbonyl (C=O) groups excluding carboxylic acids is 1. The summed E-state index contributed by atoms with van der Waals surface area (Å²) in [4.78, 5) is 13.9. The molecule has 2 nitrogen and oxygen atoms in total. The van der Waals surface area contributed by atoms with Crippen LogP contribution in [0.25, 0.3) is 0 Å². The van der Waals surface area contributed by atoms with Crippen LogP contribution >= 0.6 is 0 Å². The molecule has 0 amide bonds. The molecule has 0 saturated heterocycles. The number of carbonyl (C=O) groups is 1. The standard InChI is InChI=1S/C8H13NO/c1-3-4-8(5-6-10)7-9-2/h4,6-7H,3,5H2,1-2H3/b8-4-,9-7?. The molecule has 0 radical (unpaired) electrons. The molecule has 56 valence electrons. The van der Waals surface area contributed by atoms with Gasteiger partial charge in [-0.2, -0.15) is 0 Å². The van der Waals surface area contributed by atoms with Crippen molar-refractivity contribution in [3.63, 3.8) is 0 Å². The molecule has 0 aliphatic carbocycles. The monoisotopic (exact) mass is 139 g/mol. The van der Waals surface area contributed by atoms with Gasteiger partial charge in [0.2, 0.25) is 0 Å². The third kappa shape index (κ3) is 4.01. The van der Waals surface area contributed by atoms with Crippen molar-refractivity contribution in [2.24, 2.45) is 4.99 Å². The SMILES string of the molecule is CC/C=C(\C=NC)CC=O. The van der Waals surface area contributed by atoms with E-state index in [4.69, 9.17) is 0 Å². The minimum Gasteiger partial charge on any atom is -0.303 e. The Morgan fingerprint density at radius 1 is 1.60 bits per heavy atom. The van der Waals surface area contributed by atoms with Crippen LogP contribution in [0, 0.1) is 0 Å². The van der Waals surface area contributed by atoms with Crippen LogP contribution in [0.1, 0.15) is 19.8 Å².